The quantitative estimate of drug-likeness (QED) is 0.824. The Kier molecular flexibility index (Phi) is 6.82. The van der Waals surface area contributed by atoms with E-state index in [0.29, 0.717) is 6.54 Å². The smallest absolute Gasteiger partial charge is 0.216 e. The maximum absolute atomic E-state index is 9.93. The Morgan fingerprint density at radius 1 is 1.29 bits per heavy atom. The number of nitrogens with one attached hydrogen (secondary N) is 1. The van der Waals surface area contributed by atoms with Gasteiger partial charge >= 0.3 is 0 Å². The first kappa shape index (κ1) is 21.0. The average molecular weight is 377 g/mol. The van der Waals surface area contributed by atoms with E-state index < -0.39 is 0 Å². The molecule has 0 fully saturated rings. The topological polar surface area (TPSA) is 72.2 Å². The van der Waals surface area contributed by atoms with Crippen LogP contribution in [0.3, 0.4) is 0 Å². The van der Waals surface area contributed by atoms with Gasteiger partial charge < -0.3 is 5.32 Å². The maximum Gasteiger partial charge on any atom is 0.216 e. The zero-order valence-electron chi connectivity index (χ0n) is 17.0. The molecule has 0 saturated heterocycles. The molecule has 0 atom stereocenters. The van der Waals surface area contributed by atoms with Crippen molar-refractivity contribution in [2.75, 3.05) is 6.54 Å². The molecule has 6 nitrogen and oxygen atoms in total. The summed E-state index contributed by atoms with van der Waals surface area (Å²) in [5, 5.41) is 11.0. The zero-order chi connectivity index (χ0) is 20.8. The number of aromatic nitrogens is 3. The van der Waals surface area contributed by atoms with Gasteiger partial charge in [-0.1, -0.05) is 31.9 Å². The van der Waals surface area contributed by atoms with Crippen molar-refractivity contribution in [2.24, 2.45) is 4.99 Å². The number of aliphatic imine (C=N–C) groups is 1. The lowest BCUT2D eigenvalue weighted by molar-refractivity contribution is -0.118. The van der Waals surface area contributed by atoms with Gasteiger partial charge in [-0.15, -0.1) is 10.2 Å². The van der Waals surface area contributed by atoms with Crippen LogP contribution in [0.4, 0.5) is 0 Å². The molecule has 0 spiro atoms. The lowest BCUT2D eigenvalue weighted by Crippen LogP contribution is -2.18. The van der Waals surface area contributed by atoms with Crippen molar-refractivity contribution >= 4 is 17.2 Å². The Labute approximate surface area is 166 Å². The minimum Gasteiger partial charge on any atom is -0.357 e. The summed E-state index contributed by atoms with van der Waals surface area (Å²) in [6.07, 6.45) is 1.76. The summed E-state index contributed by atoms with van der Waals surface area (Å²) in [7, 11) is 0. The molecular formula is C22H27N5O. The Morgan fingerprint density at radius 2 is 2.00 bits per heavy atom. The minimum atomic E-state index is 0.0394. The number of nitrogens with zero attached hydrogens (tertiary/aromatic N) is 4. The zero-order valence-corrected chi connectivity index (χ0v) is 17.0. The van der Waals surface area contributed by atoms with E-state index in [0.717, 1.165) is 51.9 Å². The van der Waals surface area contributed by atoms with E-state index in [1.807, 2.05) is 26.8 Å². The summed E-state index contributed by atoms with van der Waals surface area (Å²) in [6.45, 7) is 20.4. The van der Waals surface area contributed by atoms with E-state index in [1.165, 1.54) is 6.92 Å². The fraction of sp³-hybridized carbons (Fsp3) is 0.273. The second kappa shape index (κ2) is 9.08. The Hall–Kier alpha value is -3.28. The molecule has 6 heteroatoms. The lowest BCUT2D eigenvalue weighted by atomic mass is 9.97. The van der Waals surface area contributed by atoms with Gasteiger partial charge in [0.2, 0.25) is 5.91 Å². The van der Waals surface area contributed by atoms with Crippen LogP contribution < -0.4 is 5.32 Å². The largest absolute Gasteiger partial charge is 0.357 e. The van der Waals surface area contributed by atoms with Crippen molar-refractivity contribution in [3.05, 3.63) is 72.4 Å². The normalized spacial score (nSPS) is 11.6. The molecular weight excluding hydrogens is 350 g/mol. The summed E-state index contributed by atoms with van der Waals surface area (Å²) in [5.74, 6) is 1.73. The van der Waals surface area contributed by atoms with E-state index in [1.54, 1.807) is 6.08 Å². The van der Waals surface area contributed by atoms with Gasteiger partial charge in [0, 0.05) is 19.0 Å². The maximum atomic E-state index is 9.93. The van der Waals surface area contributed by atoms with Gasteiger partial charge in [-0.25, -0.2) is 0 Å². The number of fused-ring (bicyclic) bond motifs is 3. The number of aryl methyl sites for hydroxylation is 1. The second-order valence-electron chi connectivity index (χ2n) is 6.49. The van der Waals surface area contributed by atoms with Crippen LogP contribution in [0.2, 0.25) is 0 Å². The van der Waals surface area contributed by atoms with Gasteiger partial charge in [0.05, 0.1) is 11.4 Å². The number of hydrogen-bond donors (Lipinski definition) is 1. The number of carbonyl (C=O) groups is 1. The van der Waals surface area contributed by atoms with E-state index in [2.05, 4.69) is 56.9 Å². The number of hydrogen-bond acceptors (Lipinski definition) is 4. The number of allylic oxidation sites excluding steroid dienone is 3. The average Bonchev–Trinajstić information content (AvgIpc) is 2.92. The van der Waals surface area contributed by atoms with E-state index in [-0.39, 0.29) is 5.91 Å². The minimum absolute atomic E-state index is 0.0394. The van der Waals surface area contributed by atoms with Crippen LogP contribution in [0.25, 0.3) is 11.3 Å². The van der Waals surface area contributed by atoms with Gasteiger partial charge in [-0.2, -0.15) is 0 Å². The van der Waals surface area contributed by atoms with Gasteiger partial charge in [0.1, 0.15) is 12.4 Å². The molecule has 28 heavy (non-hydrogen) atoms. The molecule has 1 aromatic carbocycles. The highest BCUT2D eigenvalue weighted by Crippen LogP contribution is 2.28. The summed E-state index contributed by atoms with van der Waals surface area (Å²) in [6, 6.07) is 6.18. The summed E-state index contributed by atoms with van der Waals surface area (Å²) < 4.78 is 2.05. The third kappa shape index (κ3) is 4.52. The molecule has 1 aromatic heterocycles. The van der Waals surface area contributed by atoms with E-state index in [9.17, 15) is 4.79 Å². The van der Waals surface area contributed by atoms with Gasteiger partial charge in [-0.3, -0.25) is 14.4 Å². The number of rotatable bonds is 4. The van der Waals surface area contributed by atoms with E-state index in [4.69, 9.17) is 0 Å². The molecule has 3 rings (SSSR count). The molecule has 0 saturated carbocycles. The van der Waals surface area contributed by atoms with Crippen molar-refractivity contribution in [3.63, 3.8) is 0 Å². The molecule has 2 aromatic rings. The monoisotopic (exact) mass is 377 g/mol. The highest BCUT2D eigenvalue weighted by atomic mass is 16.1. The Morgan fingerprint density at radius 3 is 2.54 bits per heavy atom. The molecule has 1 aliphatic rings. The molecule has 0 aliphatic carbocycles. The third-order valence-electron chi connectivity index (χ3n) is 4.21. The highest BCUT2D eigenvalue weighted by molar-refractivity contribution is 6.14. The number of benzene rings is 1. The van der Waals surface area contributed by atoms with Gasteiger partial charge in [0.15, 0.2) is 5.82 Å². The van der Waals surface area contributed by atoms with Crippen LogP contribution in [-0.2, 0) is 11.3 Å². The first-order chi connectivity index (χ1) is 13.3. The van der Waals surface area contributed by atoms with Crippen LogP contribution >= 0.6 is 0 Å². The molecule has 0 unspecified atom stereocenters. The molecule has 1 amide bonds. The summed E-state index contributed by atoms with van der Waals surface area (Å²) in [5.41, 5.74) is 5.79. The fourth-order valence-corrected chi connectivity index (χ4v) is 2.91. The second-order valence-corrected chi connectivity index (χ2v) is 6.49. The SMILES string of the molecule is C=CC(=C)c1ccc2c(c1)C(C(=C)C)=NCc1nnc(C)n1-2.CCNC(C)=O. The van der Waals surface area contributed by atoms with Gasteiger partial charge in [0.25, 0.3) is 0 Å². The number of amides is 1. The van der Waals surface area contributed by atoms with Crippen LogP contribution in [0.15, 0.2) is 54.6 Å². The van der Waals surface area contributed by atoms with Crippen LogP contribution in [0, 0.1) is 6.92 Å². The number of carbonyl (C=O) groups excluding carboxylic acids is 1. The van der Waals surface area contributed by atoms with Crippen LogP contribution in [-0.4, -0.2) is 32.9 Å². The molecule has 146 valence electrons. The van der Waals surface area contributed by atoms with Gasteiger partial charge in [-0.05, 0) is 49.6 Å². The van der Waals surface area contributed by atoms with Crippen LogP contribution in [0.1, 0.15) is 43.5 Å². The molecule has 1 N–H and O–H groups in total. The van der Waals surface area contributed by atoms with Crippen molar-refractivity contribution in [1.82, 2.24) is 20.1 Å². The Bertz CT molecular complexity index is 965. The molecule has 2 heterocycles. The van der Waals surface area contributed by atoms with Crippen molar-refractivity contribution in [2.45, 2.75) is 34.2 Å². The standard InChI is InChI=1S/C18H18N4.C4H9NO/c1-6-12(4)14-7-8-16-15(9-14)18(11(2)3)19-10-17-21-20-13(5)22(16)17;1-3-5-4(2)6/h6-9H,1-2,4,10H2,3,5H3;3H2,1-2H3,(H,5,6). The van der Waals surface area contributed by atoms with Crippen molar-refractivity contribution < 1.29 is 4.79 Å². The van der Waals surface area contributed by atoms with Crippen molar-refractivity contribution in [3.8, 4) is 5.69 Å². The molecule has 1 aliphatic heterocycles. The molecule has 0 bridgehead atoms. The highest BCUT2D eigenvalue weighted by Gasteiger charge is 2.21. The fourth-order valence-electron chi connectivity index (χ4n) is 2.91. The van der Waals surface area contributed by atoms with Crippen molar-refractivity contribution in [1.29, 1.82) is 0 Å². The first-order valence-electron chi connectivity index (χ1n) is 9.12. The third-order valence-corrected chi connectivity index (χ3v) is 4.21. The predicted molar refractivity (Wildman–Crippen MR) is 115 cm³/mol. The molecule has 0 radical (unpaired) electrons. The summed E-state index contributed by atoms with van der Waals surface area (Å²) >= 11 is 0. The first-order valence-corrected chi connectivity index (χ1v) is 9.12. The van der Waals surface area contributed by atoms with E-state index >= 15 is 0 Å². The van der Waals surface area contributed by atoms with Crippen LogP contribution in [0.5, 0.6) is 0 Å². The lowest BCUT2D eigenvalue weighted by Gasteiger charge is -2.14. The Balaban J connectivity index is 0.000000409. The predicted octanol–water partition coefficient (Wildman–Crippen LogP) is 3.80. The summed E-state index contributed by atoms with van der Waals surface area (Å²) in [4.78, 5) is 14.6.